The number of carbonyl (C=O) groups is 1. The summed E-state index contributed by atoms with van der Waals surface area (Å²) in [5.41, 5.74) is 1.91. The molecule has 0 aliphatic rings. The third-order valence-electron chi connectivity index (χ3n) is 2.81. The maximum Gasteiger partial charge on any atom is 0.338 e. The fourth-order valence-electron chi connectivity index (χ4n) is 1.86. The van der Waals surface area contributed by atoms with E-state index in [-0.39, 0.29) is 5.97 Å². The predicted molar refractivity (Wildman–Crippen MR) is 85.7 cm³/mol. The Morgan fingerprint density at radius 2 is 2.05 bits per heavy atom. The summed E-state index contributed by atoms with van der Waals surface area (Å²) in [5.74, 6) is 0.254. The number of hydrogen-bond acceptors (Lipinski definition) is 5. The van der Waals surface area contributed by atoms with Crippen molar-refractivity contribution < 1.29 is 9.53 Å². The normalized spacial score (nSPS) is 11.1. The minimum absolute atomic E-state index is 0.318. The molecule has 1 aromatic carbocycles. The summed E-state index contributed by atoms with van der Waals surface area (Å²) in [6.45, 7) is 8.01. The molecular formula is C17H21N3O2. The summed E-state index contributed by atoms with van der Waals surface area (Å²) in [4.78, 5) is 20.5. The number of ether oxygens (including phenoxy) is 1. The number of rotatable bonds is 4. The van der Waals surface area contributed by atoms with E-state index in [1.165, 1.54) is 0 Å². The van der Waals surface area contributed by atoms with Crippen molar-refractivity contribution in [3.8, 4) is 0 Å². The van der Waals surface area contributed by atoms with Crippen LogP contribution in [0, 0.1) is 6.92 Å². The molecule has 1 heterocycles. The second kappa shape index (κ2) is 6.56. The van der Waals surface area contributed by atoms with E-state index in [0.29, 0.717) is 18.1 Å². The number of aryl methyl sites for hydroxylation is 1. The molecule has 2 aromatic rings. The van der Waals surface area contributed by atoms with Gasteiger partial charge in [0, 0.05) is 18.4 Å². The third-order valence-corrected chi connectivity index (χ3v) is 2.81. The molecule has 1 aromatic heterocycles. The van der Waals surface area contributed by atoms with Crippen molar-refractivity contribution in [1.29, 1.82) is 0 Å². The summed E-state index contributed by atoms with van der Waals surface area (Å²) in [7, 11) is 0. The standard InChI is InChI=1S/C17H21N3O2/c1-12-8-9-18-16(20-12)19-11-13-6-5-7-14(10-13)15(21)22-17(2,3)4/h5-10H,11H2,1-4H3,(H,18,19,20). The largest absolute Gasteiger partial charge is 0.456 e. The van der Waals surface area contributed by atoms with Gasteiger partial charge in [-0.3, -0.25) is 0 Å². The molecule has 0 spiro atoms. The Balaban J connectivity index is 2.04. The monoisotopic (exact) mass is 299 g/mol. The Kier molecular flexibility index (Phi) is 4.75. The van der Waals surface area contributed by atoms with Crippen LogP contribution in [0.3, 0.4) is 0 Å². The first kappa shape index (κ1) is 15.9. The molecule has 0 aliphatic heterocycles. The SMILES string of the molecule is Cc1ccnc(NCc2cccc(C(=O)OC(C)(C)C)c2)n1. The summed E-state index contributed by atoms with van der Waals surface area (Å²) in [6.07, 6.45) is 1.71. The second-order valence-corrected chi connectivity index (χ2v) is 6.08. The van der Waals surface area contributed by atoms with Crippen molar-refractivity contribution in [1.82, 2.24) is 9.97 Å². The zero-order chi connectivity index (χ0) is 16.2. The van der Waals surface area contributed by atoms with Gasteiger partial charge >= 0.3 is 5.97 Å². The lowest BCUT2D eigenvalue weighted by Gasteiger charge is -2.19. The van der Waals surface area contributed by atoms with E-state index in [1.54, 1.807) is 12.3 Å². The molecule has 2 rings (SSSR count). The number of carbonyl (C=O) groups excluding carboxylic acids is 1. The highest BCUT2D eigenvalue weighted by Crippen LogP contribution is 2.14. The lowest BCUT2D eigenvalue weighted by atomic mass is 10.1. The van der Waals surface area contributed by atoms with Crippen LogP contribution in [0.1, 0.15) is 42.4 Å². The number of anilines is 1. The summed E-state index contributed by atoms with van der Waals surface area (Å²) < 4.78 is 5.37. The van der Waals surface area contributed by atoms with Gasteiger partial charge in [0.1, 0.15) is 5.60 Å². The van der Waals surface area contributed by atoms with Crippen LogP contribution in [0.15, 0.2) is 36.5 Å². The van der Waals surface area contributed by atoms with Gasteiger partial charge < -0.3 is 10.1 Å². The molecule has 0 fully saturated rings. The molecule has 0 bridgehead atoms. The molecule has 5 nitrogen and oxygen atoms in total. The molecule has 0 saturated carbocycles. The van der Waals surface area contributed by atoms with Gasteiger partial charge in [-0.2, -0.15) is 0 Å². The smallest absolute Gasteiger partial charge is 0.338 e. The average Bonchev–Trinajstić information content (AvgIpc) is 2.44. The van der Waals surface area contributed by atoms with Crippen LogP contribution in [0.5, 0.6) is 0 Å². The highest BCUT2D eigenvalue weighted by atomic mass is 16.6. The molecule has 0 saturated heterocycles. The Morgan fingerprint density at radius 3 is 2.73 bits per heavy atom. The first-order chi connectivity index (χ1) is 10.3. The van der Waals surface area contributed by atoms with Crippen molar-refractivity contribution in [3.63, 3.8) is 0 Å². The Morgan fingerprint density at radius 1 is 1.27 bits per heavy atom. The number of aromatic nitrogens is 2. The topological polar surface area (TPSA) is 64.1 Å². The first-order valence-electron chi connectivity index (χ1n) is 7.19. The van der Waals surface area contributed by atoms with Gasteiger partial charge in [0.15, 0.2) is 0 Å². The van der Waals surface area contributed by atoms with Crippen LogP contribution >= 0.6 is 0 Å². The number of esters is 1. The van der Waals surface area contributed by atoms with Crippen LogP contribution in [-0.2, 0) is 11.3 Å². The lowest BCUT2D eigenvalue weighted by Crippen LogP contribution is -2.24. The second-order valence-electron chi connectivity index (χ2n) is 6.08. The molecule has 22 heavy (non-hydrogen) atoms. The van der Waals surface area contributed by atoms with Crippen LogP contribution in [0.25, 0.3) is 0 Å². The third kappa shape index (κ3) is 4.84. The lowest BCUT2D eigenvalue weighted by molar-refractivity contribution is 0.00694. The number of hydrogen-bond donors (Lipinski definition) is 1. The summed E-state index contributed by atoms with van der Waals surface area (Å²) in [6, 6.07) is 9.19. The van der Waals surface area contributed by atoms with E-state index < -0.39 is 5.60 Å². The van der Waals surface area contributed by atoms with Gasteiger partial charge in [0.05, 0.1) is 5.56 Å². The van der Waals surface area contributed by atoms with Crippen LogP contribution in [-0.4, -0.2) is 21.5 Å². The molecule has 0 aliphatic carbocycles. The highest BCUT2D eigenvalue weighted by molar-refractivity contribution is 5.89. The average molecular weight is 299 g/mol. The van der Waals surface area contributed by atoms with Gasteiger partial charge in [-0.25, -0.2) is 14.8 Å². The molecule has 5 heteroatoms. The molecule has 116 valence electrons. The van der Waals surface area contributed by atoms with E-state index >= 15 is 0 Å². The molecule has 0 radical (unpaired) electrons. The van der Waals surface area contributed by atoms with Crippen molar-refractivity contribution in [2.24, 2.45) is 0 Å². The van der Waals surface area contributed by atoms with Crippen LogP contribution in [0.2, 0.25) is 0 Å². The van der Waals surface area contributed by atoms with E-state index in [2.05, 4.69) is 15.3 Å². The Hall–Kier alpha value is -2.43. The first-order valence-corrected chi connectivity index (χ1v) is 7.19. The fraction of sp³-hybridized carbons (Fsp3) is 0.353. The zero-order valence-corrected chi connectivity index (χ0v) is 13.4. The van der Waals surface area contributed by atoms with Crippen LogP contribution < -0.4 is 5.32 Å². The minimum atomic E-state index is -0.499. The molecular weight excluding hydrogens is 278 g/mol. The fourth-order valence-corrected chi connectivity index (χ4v) is 1.86. The van der Waals surface area contributed by atoms with Gasteiger partial charge in [-0.15, -0.1) is 0 Å². The number of benzene rings is 1. The van der Waals surface area contributed by atoms with E-state index in [1.807, 2.05) is 52.0 Å². The maximum atomic E-state index is 12.1. The van der Waals surface area contributed by atoms with Crippen molar-refractivity contribution >= 4 is 11.9 Å². The molecule has 1 N–H and O–H groups in total. The predicted octanol–water partition coefficient (Wildman–Crippen LogP) is 3.35. The van der Waals surface area contributed by atoms with E-state index in [4.69, 9.17) is 4.74 Å². The van der Waals surface area contributed by atoms with Crippen LogP contribution in [0.4, 0.5) is 5.95 Å². The number of nitrogens with one attached hydrogen (secondary N) is 1. The van der Waals surface area contributed by atoms with Crippen molar-refractivity contribution in [3.05, 3.63) is 53.3 Å². The van der Waals surface area contributed by atoms with Gasteiger partial charge in [0.2, 0.25) is 5.95 Å². The van der Waals surface area contributed by atoms with E-state index in [0.717, 1.165) is 11.3 Å². The highest BCUT2D eigenvalue weighted by Gasteiger charge is 2.17. The summed E-state index contributed by atoms with van der Waals surface area (Å²) >= 11 is 0. The zero-order valence-electron chi connectivity index (χ0n) is 13.4. The van der Waals surface area contributed by atoms with E-state index in [9.17, 15) is 4.79 Å². The minimum Gasteiger partial charge on any atom is -0.456 e. The Labute approximate surface area is 130 Å². The quantitative estimate of drug-likeness (QED) is 0.877. The Bertz CT molecular complexity index is 663. The molecule has 0 unspecified atom stereocenters. The maximum absolute atomic E-state index is 12.1. The van der Waals surface area contributed by atoms with Crippen molar-refractivity contribution in [2.45, 2.75) is 39.8 Å². The summed E-state index contributed by atoms with van der Waals surface area (Å²) in [5, 5.41) is 3.14. The van der Waals surface area contributed by atoms with Gasteiger partial charge in [-0.1, -0.05) is 12.1 Å². The van der Waals surface area contributed by atoms with Crippen molar-refractivity contribution in [2.75, 3.05) is 5.32 Å². The number of nitrogens with zero attached hydrogens (tertiary/aromatic N) is 2. The van der Waals surface area contributed by atoms with Gasteiger partial charge in [0.25, 0.3) is 0 Å². The van der Waals surface area contributed by atoms with Gasteiger partial charge in [-0.05, 0) is 51.5 Å². The molecule has 0 atom stereocenters. The molecule has 0 amide bonds.